The summed E-state index contributed by atoms with van der Waals surface area (Å²) in [5.74, 6) is 0. The zero-order chi connectivity index (χ0) is 15.4. The molecule has 4 rings (SSSR count). The van der Waals surface area contributed by atoms with E-state index >= 15 is 0 Å². The van der Waals surface area contributed by atoms with Crippen LogP contribution in [0.25, 0.3) is 29.6 Å². The number of hydrogen-bond acceptors (Lipinski definition) is 2. The largest absolute Gasteiger partial charge is 0.134 e. The Morgan fingerprint density at radius 2 is 1.05 bits per heavy atom. The second-order valence-electron chi connectivity index (χ2n) is 4.97. The molecule has 4 aromatic rings. The first-order valence-corrected chi connectivity index (χ1v) is 11.8. The Hall–Kier alpha value is 0.540. The van der Waals surface area contributed by atoms with E-state index in [1.165, 1.54) is 40.7 Å². The van der Waals surface area contributed by atoms with Gasteiger partial charge in [0.1, 0.15) is 0 Å². The first kappa shape index (κ1) is 16.0. The minimum absolute atomic E-state index is 0.207. The Labute approximate surface area is 169 Å². The van der Waals surface area contributed by atoms with E-state index in [1.807, 2.05) is 22.7 Å². The molecule has 0 radical (unpaired) electrons. The smallest absolute Gasteiger partial charge is 0.0947 e. The van der Waals surface area contributed by atoms with Crippen LogP contribution in [0.2, 0.25) is 0 Å². The summed E-state index contributed by atoms with van der Waals surface area (Å²) >= 11 is 18.1. The highest BCUT2D eigenvalue weighted by Gasteiger charge is 2.14. The van der Waals surface area contributed by atoms with Gasteiger partial charge >= 0.3 is 0 Å². The maximum absolute atomic E-state index is 3.58. The van der Waals surface area contributed by atoms with Crippen molar-refractivity contribution in [1.29, 1.82) is 0 Å². The molecule has 0 aliphatic heterocycles. The Balaban J connectivity index is 2.01. The molecule has 0 aliphatic rings. The maximum Gasteiger partial charge on any atom is 0.0947 e. The number of rotatable bonds is 2. The predicted molar refractivity (Wildman–Crippen MR) is 116 cm³/mol. The Kier molecular flexibility index (Phi) is 4.46. The summed E-state index contributed by atoms with van der Waals surface area (Å²) in [5, 5.41) is 2.72. The Bertz CT molecular complexity index is 916. The average Bonchev–Trinajstić information content (AvgIpc) is 3.01. The van der Waals surface area contributed by atoms with Crippen molar-refractivity contribution in [3.63, 3.8) is 0 Å². The fraction of sp³-hybridized carbons (Fsp3) is 0.125. The molecule has 2 aromatic carbocycles. The van der Waals surface area contributed by atoms with Gasteiger partial charge < -0.3 is 0 Å². The molecule has 0 spiro atoms. The third-order valence-corrected chi connectivity index (χ3v) is 8.25. The van der Waals surface area contributed by atoms with Crippen molar-refractivity contribution in [3.05, 3.63) is 47.5 Å². The van der Waals surface area contributed by atoms with Crippen LogP contribution in [0.3, 0.4) is 0 Å². The fourth-order valence-corrected chi connectivity index (χ4v) is 6.45. The average molecular weight is 584 g/mol. The van der Waals surface area contributed by atoms with Gasteiger partial charge in [-0.05, 0) is 23.3 Å². The molecule has 0 unspecified atom stereocenters. The highest BCUT2D eigenvalue weighted by molar-refractivity contribution is 9.24. The van der Waals surface area contributed by atoms with E-state index < -0.39 is 0 Å². The number of hydrogen-bond donors (Lipinski definition) is 0. The van der Waals surface area contributed by atoms with Gasteiger partial charge in [-0.1, -0.05) is 88.0 Å². The molecular formula is C16H8Br4S2. The summed E-state index contributed by atoms with van der Waals surface area (Å²) in [6, 6.07) is 13.4. The van der Waals surface area contributed by atoms with Gasteiger partial charge in [0.2, 0.25) is 0 Å². The fourth-order valence-electron chi connectivity index (χ4n) is 2.56. The number of fused-ring (bicyclic) bond motifs is 5. The normalized spacial score (nSPS) is 12.5. The molecule has 6 heteroatoms. The molecular weight excluding hydrogens is 576 g/mol. The first-order chi connectivity index (χ1) is 10.5. The molecule has 112 valence electrons. The van der Waals surface area contributed by atoms with Crippen LogP contribution in [0.15, 0.2) is 36.4 Å². The molecule has 0 fully saturated rings. The van der Waals surface area contributed by atoms with Crippen molar-refractivity contribution in [1.82, 2.24) is 0 Å². The van der Waals surface area contributed by atoms with Crippen LogP contribution < -0.4 is 0 Å². The molecule has 2 heterocycles. The van der Waals surface area contributed by atoms with Gasteiger partial charge in [0, 0.05) is 20.2 Å². The minimum Gasteiger partial charge on any atom is -0.134 e. The van der Waals surface area contributed by atoms with Crippen molar-refractivity contribution >= 4 is 116 Å². The van der Waals surface area contributed by atoms with Crippen molar-refractivity contribution in [2.24, 2.45) is 0 Å². The van der Waals surface area contributed by atoms with E-state index in [0.29, 0.717) is 0 Å². The van der Waals surface area contributed by atoms with Crippen LogP contribution in [0.4, 0.5) is 0 Å². The van der Waals surface area contributed by atoms with Crippen LogP contribution in [-0.4, -0.2) is 0 Å². The van der Waals surface area contributed by atoms with E-state index in [0.717, 1.165) is 0 Å². The third-order valence-electron chi connectivity index (χ3n) is 3.63. The standard InChI is InChI=1S/C16H8Br4S2/c17-15(18)7-1-3-9-11(5-7)21-14-10-4-2-8(16(19)20)6-12(10)22-13(9)14/h1-6,15-16H. The number of benzene rings is 2. The van der Waals surface area contributed by atoms with E-state index in [2.05, 4.69) is 100 Å². The number of halogens is 4. The van der Waals surface area contributed by atoms with E-state index in [9.17, 15) is 0 Å². The van der Waals surface area contributed by atoms with Crippen molar-refractivity contribution in [2.75, 3.05) is 0 Å². The quantitative estimate of drug-likeness (QED) is 0.207. The van der Waals surface area contributed by atoms with Gasteiger partial charge in [0.05, 0.1) is 16.9 Å². The topological polar surface area (TPSA) is 0 Å². The zero-order valence-corrected chi connectivity index (χ0v) is 18.9. The summed E-state index contributed by atoms with van der Waals surface area (Å²) < 4.78 is 5.93. The van der Waals surface area contributed by atoms with Crippen LogP contribution in [0.5, 0.6) is 0 Å². The molecule has 0 saturated carbocycles. The molecule has 0 atom stereocenters. The SMILES string of the molecule is BrC(Br)c1ccc2c(c1)sc1c3ccc(C(Br)Br)cc3sc21. The second-order valence-corrected chi connectivity index (χ2v) is 13.2. The molecule has 0 nitrogen and oxygen atoms in total. The molecule has 0 aliphatic carbocycles. The monoisotopic (exact) mass is 580 g/mol. The van der Waals surface area contributed by atoms with Crippen LogP contribution in [0.1, 0.15) is 18.6 Å². The predicted octanol–water partition coefficient (Wildman–Crippen LogP) is 8.85. The lowest BCUT2D eigenvalue weighted by Crippen LogP contribution is -1.78. The van der Waals surface area contributed by atoms with Crippen LogP contribution in [-0.2, 0) is 0 Å². The van der Waals surface area contributed by atoms with Gasteiger partial charge in [0.25, 0.3) is 0 Å². The minimum atomic E-state index is 0.207. The Morgan fingerprint density at radius 1 is 0.636 bits per heavy atom. The highest BCUT2D eigenvalue weighted by Crippen LogP contribution is 2.46. The summed E-state index contributed by atoms with van der Waals surface area (Å²) in [6.45, 7) is 0. The number of alkyl halides is 4. The van der Waals surface area contributed by atoms with Gasteiger partial charge in [-0.2, -0.15) is 0 Å². The first-order valence-electron chi connectivity index (χ1n) is 6.49. The molecule has 0 amide bonds. The Morgan fingerprint density at radius 3 is 1.41 bits per heavy atom. The van der Waals surface area contributed by atoms with Gasteiger partial charge in [-0.25, -0.2) is 0 Å². The summed E-state index contributed by atoms with van der Waals surface area (Å²) in [7, 11) is 0. The van der Waals surface area contributed by atoms with Gasteiger partial charge in [-0.3, -0.25) is 0 Å². The molecule has 0 bridgehead atoms. The molecule has 0 saturated heterocycles. The summed E-state index contributed by atoms with van der Waals surface area (Å²) in [4.78, 5) is 0. The van der Waals surface area contributed by atoms with E-state index in [-0.39, 0.29) is 7.47 Å². The van der Waals surface area contributed by atoms with E-state index in [1.54, 1.807) is 0 Å². The lowest BCUT2D eigenvalue weighted by molar-refractivity contribution is 1.46. The van der Waals surface area contributed by atoms with Gasteiger partial charge in [0.15, 0.2) is 0 Å². The highest BCUT2D eigenvalue weighted by atomic mass is 79.9. The van der Waals surface area contributed by atoms with Crippen molar-refractivity contribution < 1.29 is 0 Å². The molecule has 2 aromatic heterocycles. The van der Waals surface area contributed by atoms with Gasteiger partial charge in [-0.15, -0.1) is 22.7 Å². The summed E-state index contributed by atoms with van der Waals surface area (Å²) in [6.07, 6.45) is 0. The van der Waals surface area contributed by atoms with Crippen molar-refractivity contribution in [2.45, 2.75) is 7.47 Å². The lowest BCUT2D eigenvalue weighted by atomic mass is 10.1. The number of thiophene rings is 2. The molecule has 22 heavy (non-hydrogen) atoms. The zero-order valence-electron chi connectivity index (χ0n) is 10.9. The van der Waals surface area contributed by atoms with Crippen LogP contribution in [0, 0.1) is 0 Å². The molecule has 0 N–H and O–H groups in total. The van der Waals surface area contributed by atoms with E-state index in [4.69, 9.17) is 0 Å². The summed E-state index contributed by atoms with van der Waals surface area (Å²) in [5.41, 5.74) is 2.52. The second kappa shape index (κ2) is 6.12. The maximum atomic E-state index is 3.58. The third kappa shape index (κ3) is 2.64. The van der Waals surface area contributed by atoms with Crippen molar-refractivity contribution in [3.8, 4) is 0 Å². The lowest BCUT2D eigenvalue weighted by Gasteiger charge is -2.02. The van der Waals surface area contributed by atoms with Crippen LogP contribution >= 0.6 is 86.4 Å².